The van der Waals surface area contributed by atoms with Crippen molar-refractivity contribution in [3.63, 3.8) is 0 Å². The molecule has 2 aromatic heterocycles. The molecular weight excluding hydrogens is 336 g/mol. The highest BCUT2D eigenvalue weighted by molar-refractivity contribution is 7.09. The van der Waals surface area contributed by atoms with Crippen LogP contribution in [0.15, 0.2) is 22.8 Å². The first kappa shape index (κ1) is 19.4. The number of methoxy groups -OCH3 is 1. The van der Waals surface area contributed by atoms with Gasteiger partial charge < -0.3 is 15.0 Å². The molecule has 0 aromatic carbocycles. The summed E-state index contributed by atoms with van der Waals surface area (Å²) in [7, 11) is 7.47. The molecular formula is C17H28N6OS. The first-order valence-corrected chi connectivity index (χ1v) is 9.27. The highest BCUT2D eigenvalue weighted by Gasteiger charge is 2.12. The lowest BCUT2D eigenvalue weighted by Crippen LogP contribution is -2.39. The highest BCUT2D eigenvalue weighted by atomic mass is 32.1. The van der Waals surface area contributed by atoms with E-state index in [1.165, 1.54) is 5.56 Å². The second kappa shape index (κ2) is 9.53. The van der Waals surface area contributed by atoms with Crippen LogP contribution in [-0.2, 0) is 24.8 Å². The van der Waals surface area contributed by atoms with Gasteiger partial charge in [-0.1, -0.05) is 0 Å². The van der Waals surface area contributed by atoms with E-state index in [0.29, 0.717) is 0 Å². The Kier molecular flexibility index (Phi) is 7.39. The molecule has 0 bridgehead atoms. The fourth-order valence-corrected chi connectivity index (χ4v) is 3.32. The maximum Gasteiger partial charge on any atom is 0.193 e. The molecule has 2 rings (SSSR count). The van der Waals surface area contributed by atoms with Crippen LogP contribution in [0.1, 0.15) is 35.7 Å². The molecule has 0 fully saturated rings. The number of aromatic nitrogens is 3. The van der Waals surface area contributed by atoms with Gasteiger partial charge in [0.1, 0.15) is 11.1 Å². The van der Waals surface area contributed by atoms with Gasteiger partial charge >= 0.3 is 0 Å². The number of ether oxygens (including phenoxy) is 1. The Morgan fingerprint density at radius 2 is 2.32 bits per heavy atom. The Morgan fingerprint density at radius 3 is 2.96 bits per heavy atom. The van der Waals surface area contributed by atoms with Gasteiger partial charge in [0.2, 0.25) is 0 Å². The van der Waals surface area contributed by atoms with Crippen molar-refractivity contribution in [2.24, 2.45) is 12.0 Å². The highest BCUT2D eigenvalue weighted by Crippen LogP contribution is 2.20. The summed E-state index contributed by atoms with van der Waals surface area (Å²) in [4.78, 5) is 11.1. The third-order valence-corrected chi connectivity index (χ3v) is 4.98. The molecule has 25 heavy (non-hydrogen) atoms. The van der Waals surface area contributed by atoms with Crippen LogP contribution >= 0.6 is 11.3 Å². The second-order valence-electron chi connectivity index (χ2n) is 6.01. The first-order valence-electron chi connectivity index (χ1n) is 8.40. The number of hydrogen-bond acceptors (Lipinski definition) is 5. The minimum Gasteiger partial charge on any atom is -0.375 e. The van der Waals surface area contributed by atoms with Crippen molar-refractivity contribution < 1.29 is 4.74 Å². The molecule has 2 heterocycles. The van der Waals surface area contributed by atoms with E-state index in [2.05, 4.69) is 36.9 Å². The molecule has 0 radical (unpaired) electrons. The average Bonchev–Trinajstić information content (AvgIpc) is 3.23. The van der Waals surface area contributed by atoms with Crippen molar-refractivity contribution in [3.8, 4) is 0 Å². The van der Waals surface area contributed by atoms with Gasteiger partial charge in [-0.25, -0.2) is 4.98 Å². The summed E-state index contributed by atoms with van der Waals surface area (Å²) in [5.41, 5.74) is 2.29. The number of aryl methyl sites for hydroxylation is 2. The first-order chi connectivity index (χ1) is 12.0. The zero-order valence-corrected chi connectivity index (χ0v) is 16.5. The molecule has 0 amide bonds. The number of rotatable bonds is 8. The van der Waals surface area contributed by atoms with E-state index in [9.17, 15) is 0 Å². The molecule has 0 saturated carbocycles. The number of aliphatic imine (C=N–C) groups is 1. The maximum absolute atomic E-state index is 5.32. The lowest BCUT2D eigenvalue weighted by Gasteiger charge is -2.21. The van der Waals surface area contributed by atoms with Gasteiger partial charge in [-0.05, 0) is 25.3 Å². The summed E-state index contributed by atoms with van der Waals surface area (Å²) in [5, 5.41) is 10.7. The van der Waals surface area contributed by atoms with Crippen LogP contribution in [0.3, 0.4) is 0 Å². The van der Waals surface area contributed by atoms with E-state index >= 15 is 0 Å². The monoisotopic (exact) mass is 364 g/mol. The van der Waals surface area contributed by atoms with Gasteiger partial charge in [0, 0.05) is 46.4 Å². The predicted octanol–water partition coefficient (Wildman–Crippen LogP) is 2.22. The lowest BCUT2D eigenvalue weighted by atomic mass is 10.2. The van der Waals surface area contributed by atoms with E-state index in [1.807, 2.05) is 31.9 Å². The van der Waals surface area contributed by atoms with Gasteiger partial charge in [0.05, 0.1) is 18.4 Å². The summed E-state index contributed by atoms with van der Waals surface area (Å²) in [6.45, 7) is 3.60. The van der Waals surface area contributed by atoms with Gasteiger partial charge in [-0.3, -0.25) is 9.67 Å². The quantitative estimate of drug-likeness (QED) is 0.442. The summed E-state index contributed by atoms with van der Waals surface area (Å²) < 4.78 is 7.15. The Balaban J connectivity index is 1.78. The normalized spacial score (nSPS) is 13.1. The Hall–Kier alpha value is -1.93. The van der Waals surface area contributed by atoms with Crippen LogP contribution in [-0.4, -0.2) is 53.4 Å². The lowest BCUT2D eigenvalue weighted by molar-refractivity contribution is 0.119. The van der Waals surface area contributed by atoms with Crippen molar-refractivity contribution >= 4 is 17.3 Å². The van der Waals surface area contributed by atoms with Gasteiger partial charge in [0.15, 0.2) is 5.96 Å². The minimum absolute atomic E-state index is 0.0361. The van der Waals surface area contributed by atoms with Crippen molar-refractivity contribution in [1.29, 1.82) is 0 Å². The number of thiazole rings is 1. The van der Waals surface area contributed by atoms with Crippen LogP contribution in [0.5, 0.6) is 0 Å². The molecule has 1 atom stereocenters. The molecule has 0 spiro atoms. The molecule has 0 aliphatic rings. The molecule has 0 aliphatic heterocycles. The van der Waals surface area contributed by atoms with Crippen molar-refractivity contribution in [2.45, 2.75) is 32.4 Å². The SMILES string of the molecule is CN=C(NCCCc1cnn(C)c1)N(C)Cc1csc(C(C)OC)n1. The van der Waals surface area contributed by atoms with Crippen LogP contribution < -0.4 is 5.32 Å². The molecule has 7 nitrogen and oxygen atoms in total. The largest absolute Gasteiger partial charge is 0.375 e. The van der Waals surface area contributed by atoms with Crippen LogP contribution in [0.25, 0.3) is 0 Å². The predicted molar refractivity (Wildman–Crippen MR) is 102 cm³/mol. The molecule has 1 unspecified atom stereocenters. The smallest absolute Gasteiger partial charge is 0.193 e. The fourth-order valence-electron chi connectivity index (χ4n) is 2.48. The summed E-state index contributed by atoms with van der Waals surface area (Å²) in [6.07, 6.45) is 6.05. The number of guanidine groups is 1. The topological polar surface area (TPSA) is 67.6 Å². The average molecular weight is 365 g/mol. The molecule has 2 aromatic rings. The van der Waals surface area contributed by atoms with Crippen molar-refractivity contribution in [3.05, 3.63) is 34.0 Å². The zero-order chi connectivity index (χ0) is 18.2. The third kappa shape index (κ3) is 5.82. The van der Waals surface area contributed by atoms with E-state index in [4.69, 9.17) is 4.74 Å². The standard InChI is InChI=1S/C17H28N6OS/c1-13(24-5)16-21-15(12-25-16)11-22(3)17(18-2)19-8-6-7-14-9-20-23(4)10-14/h9-10,12-13H,6-8,11H2,1-5H3,(H,18,19). The summed E-state index contributed by atoms with van der Waals surface area (Å²) in [6, 6.07) is 0. The number of nitrogens with one attached hydrogen (secondary N) is 1. The fraction of sp³-hybridized carbons (Fsp3) is 0.588. The van der Waals surface area contributed by atoms with E-state index in [-0.39, 0.29) is 6.10 Å². The Labute approximate surface area is 153 Å². The summed E-state index contributed by atoms with van der Waals surface area (Å²) >= 11 is 1.63. The number of hydrogen-bond donors (Lipinski definition) is 1. The Bertz CT molecular complexity index is 680. The van der Waals surface area contributed by atoms with Crippen LogP contribution in [0, 0.1) is 0 Å². The molecule has 8 heteroatoms. The van der Waals surface area contributed by atoms with Crippen LogP contribution in [0.4, 0.5) is 0 Å². The Morgan fingerprint density at radius 1 is 1.52 bits per heavy atom. The van der Waals surface area contributed by atoms with Gasteiger partial charge in [-0.15, -0.1) is 11.3 Å². The van der Waals surface area contributed by atoms with E-state index < -0.39 is 0 Å². The second-order valence-corrected chi connectivity index (χ2v) is 6.90. The molecule has 138 valence electrons. The van der Waals surface area contributed by atoms with E-state index in [1.54, 1.807) is 25.5 Å². The van der Waals surface area contributed by atoms with Crippen molar-refractivity contribution in [1.82, 2.24) is 25.0 Å². The zero-order valence-electron chi connectivity index (χ0n) is 15.7. The molecule has 0 saturated heterocycles. The van der Waals surface area contributed by atoms with Crippen LogP contribution in [0.2, 0.25) is 0 Å². The number of nitrogens with zero attached hydrogens (tertiary/aromatic N) is 5. The maximum atomic E-state index is 5.32. The van der Waals surface area contributed by atoms with Gasteiger partial charge in [0.25, 0.3) is 0 Å². The minimum atomic E-state index is 0.0361. The molecule has 0 aliphatic carbocycles. The molecule has 1 N–H and O–H groups in total. The third-order valence-electron chi connectivity index (χ3n) is 3.93. The van der Waals surface area contributed by atoms with Crippen molar-refractivity contribution in [2.75, 3.05) is 27.7 Å². The summed E-state index contributed by atoms with van der Waals surface area (Å²) in [5.74, 6) is 0.875. The van der Waals surface area contributed by atoms with E-state index in [0.717, 1.165) is 42.6 Å². The van der Waals surface area contributed by atoms with Gasteiger partial charge in [-0.2, -0.15) is 5.10 Å².